The Kier molecular flexibility index (Phi) is 7.35. The molecule has 0 unspecified atom stereocenters. The maximum Gasteiger partial charge on any atom is 0.267 e. The second-order valence-corrected chi connectivity index (χ2v) is 7.43. The molecule has 2 N–H and O–H groups in total. The monoisotopic (exact) mass is 409 g/mol. The third-order valence-electron chi connectivity index (χ3n) is 4.13. The van der Waals surface area contributed by atoms with Gasteiger partial charge >= 0.3 is 0 Å². The summed E-state index contributed by atoms with van der Waals surface area (Å²) in [7, 11) is 0. The van der Waals surface area contributed by atoms with Gasteiger partial charge in [-0.1, -0.05) is 18.2 Å². The molecule has 0 aliphatic carbocycles. The van der Waals surface area contributed by atoms with Crippen LogP contribution in [0.1, 0.15) is 39.7 Å². The molecule has 0 radical (unpaired) electrons. The van der Waals surface area contributed by atoms with Gasteiger partial charge in [0.1, 0.15) is 11.5 Å². The Morgan fingerprint density at radius 3 is 2.66 bits per heavy atom. The molecule has 29 heavy (non-hydrogen) atoms. The number of rotatable bonds is 9. The van der Waals surface area contributed by atoms with E-state index in [1.807, 2.05) is 18.4 Å². The molecule has 3 aromatic rings. The zero-order valence-electron chi connectivity index (χ0n) is 16.2. The lowest BCUT2D eigenvalue weighted by Crippen LogP contribution is -2.35. The lowest BCUT2D eigenvalue weighted by molar-refractivity contribution is -0.117. The van der Waals surface area contributed by atoms with Crippen LogP contribution in [0, 0.1) is 6.92 Å². The summed E-state index contributed by atoms with van der Waals surface area (Å²) in [5.41, 5.74) is 1.66. The number of aryl methyl sites for hydroxylation is 2. The molecule has 0 saturated heterocycles. The van der Waals surface area contributed by atoms with E-state index in [-0.39, 0.29) is 17.5 Å². The molecule has 0 spiro atoms. The van der Waals surface area contributed by atoms with Gasteiger partial charge in [-0.05, 0) is 50.5 Å². The summed E-state index contributed by atoms with van der Waals surface area (Å²) in [5, 5.41) is 8.70. The first-order chi connectivity index (χ1) is 14.1. The predicted molar refractivity (Wildman–Crippen MR) is 113 cm³/mol. The van der Waals surface area contributed by atoms with Gasteiger partial charge in [0.25, 0.3) is 11.8 Å². The van der Waals surface area contributed by atoms with Crippen LogP contribution in [0.15, 0.2) is 64.2 Å². The SMILES string of the molecule is Cc1csc(CCCCNC(=O)C(=Cc2ccco2)NC(=O)c2ccccc2)n1. The van der Waals surface area contributed by atoms with E-state index in [1.165, 1.54) is 12.3 Å². The topological polar surface area (TPSA) is 84.2 Å². The number of carbonyl (C=O) groups is 2. The second-order valence-electron chi connectivity index (χ2n) is 6.49. The fraction of sp³-hybridized carbons (Fsp3) is 0.227. The van der Waals surface area contributed by atoms with Crippen molar-refractivity contribution in [2.75, 3.05) is 6.54 Å². The molecule has 6 nitrogen and oxygen atoms in total. The van der Waals surface area contributed by atoms with Crippen molar-refractivity contribution < 1.29 is 14.0 Å². The smallest absolute Gasteiger partial charge is 0.267 e. The number of hydrogen-bond acceptors (Lipinski definition) is 5. The summed E-state index contributed by atoms with van der Waals surface area (Å²) in [6.45, 7) is 2.50. The summed E-state index contributed by atoms with van der Waals surface area (Å²) < 4.78 is 5.28. The zero-order valence-corrected chi connectivity index (χ0v) is 17.0. The molecule has 1 aromatic carbocycles. The van der Waals surface area contributed by atoms with Gasteiger partial charge in [0.05, 0.1) is 11.3 Å². The van der Waals surface area contributed by atoms with Gasteiger partial charge in [0.15, 0.2) is 0 Å². The molecular formula is C22H23N3O3S. The first-order valence-corrected chi connectivity index (χ1v) is 10.3. The number of carbonyl (C=O) groups excluding carboxylic acids is 2. The fourth-order valence-corrected chi connectivity index (χ4v) is 3.49. The van der Waals surface area contributed by atoms with E-state index in [1.54, 1.807) is 47.7 Å². The lowest BCUT2D eigenvalue weighted by atomic mass is 10.2. The van der Waals surface area contributed by atoms with E-state index in [0.717, 1.165) is 30.0 Å². The maximum absolute atomic E-state index is 12.6. The number of aromatic nitrogens is 1. The van der Waals surface area contributed by atoms with Crippen molar-refractivity contribution in [3.8, 4) is 0 Å². The van der Waals surface area contributed by atoms with Crippen LogP contribution in [0.5, 0.6) is 0 Å². The average Bonchev–Trinajstić information content (AvgIpc) is 3.39. The van der Waals surface area contributed by atoms with Crippen molar-refractivity contribution >= 4 is 29.2 Å². The van der Waals surface area contributed by atoms with Crippen LogP contribution in [-0.4, -0.2) is 23.3 Å². The van der Waals surface area contributed by atoms with Crippen LogP contribution in [0.3, 0.4) is 0 Å². The van der Waals surface area contributed by atoms with Crippen LogP contribution in [0.2, 0.25) is 0 Å². The van der Waals surface area contributed by atoms with Gasteiger partial charge in [0, 0.05) is 29.3 Å². The summed E-state index contributed by atoms with van der Waals surface area (Å²) in [6.07, 6.45) is 5.69. The molecule has 2 aromatic heterocycles. The number of amides is 2. The Bertz CT molecular complexity index is 962. The lowest BCUT2D eigenvalue weighted by Gasteiger charge is -2.10. The van der Waals surface area contributed by atoms with Crippen LogP contribution in [-0.2, 0) is 11.2 Å². The van der Waals surface area contributed by atoms with Gasteiger partial charge in [-0.25, -0.2) is 4.98 Å². The number of benzene rings is 1. The molecule has 2 amide bonds. The van der Waals surface area contributed by atoms with Gasteiger partial charge in [-0.15, -0.1) is 11.3 Å². The normalized spacial score (nSPS) is 11.3. The Balaban J connectivity index is 1.55. The van der Waals surface area contributed by atoms with Crippen molar-refractivity contribution in [3.63, 3.8) is 0 Å². The Morgan fingerprint density at radius 2 is 1.97 bits per heavy atom. The van der Waals surface area contributed by atoms with E-state index < -0.39 is 0 Å². The molecule has 0 fully saturated rings. The van der Waals surface area contributed by atoms with Crippen molar-refractivity contribution in [1.29, 1.82) is 0 Å². The van der Waals surface area contributed by atoms with E-state index in [9.17, 15) is 9.59 Å². The first kappa shape index (κ1) is 20.5. The highest BCUT2D eigenvalue weighted by Crippen LogP contribution is 2.12. The number of nitrogens with one attached hydrogen (secondary N) is 2. The summed E-state index contributed by atoms with van der Waals surface area (Å²) in [4.78, 5) is 29.5. The maximum atomic E-state index is 12.6. The minimum atomic E-state index is -0.351. The van der Waals surface area contributed by atoms with Crippen molar-refractivity contribution in [3.05, 3.63) is 81.8 Å². The van der Waals surface area contributed by atoms with Crippen molar-refractivity contribution in [2.24, 2.45) is 0 Å². The molecule has 0 saturated carbocycles. The van der Waals surface area contributed by atoms with Crippen molar-refractivity contribution in [2.45, 2.75) is 26.2 Å². The third-order valence-corrected chi connectivity index (χ3v) is 5.15. The minimum absolute atomic E-state index is 0.143. The quantitative estimate of drug-likeness (QED) is 0.414. The van der Waals surface area contributed by atoms with Gasteiger partial charge in [-0.3, -0.25) is 9.59 Å². The molecule has 7 heteroatoms. The zero-order chi connectivity index (χ0) is 20.5. The highest BCUT2D eigenvalue weighted by Gasteiger charge is 2.15. The van der Waals surface area contributed by atoms with E-state index in [2.05, 4.69) is 15.6 Å². The van der Waals surface area contributed by atoms with E-state index in [4.69, 9.17) is 4.42 Å². The molecule has 0 atom stereocenters. The summed E-state index contributed by atoms with van der Waals surface area (Å²) >= 11 is 1.66. The first-order valence-electron chi connectivity index (χ1n) is 9.42. The largest absolute Gasteiger partial charge is 0.465 e. The average molecular weight is 410 g/mol. The summed E-state index contributed by atoms with van der Waals surface area (Å²) in [6, 6.07) is 12.2. The highest BCUT2D eigenvalue weighted by molar-refractivity contribution is 7.09. The second kappa shape index (κ2) is 10.4. The molecule has 0 bridgehead atoms. The molecule has 2 heterocycles. The molecule has 0 aliphatic rings. The van der Waals surface area contributed by atoms with E-state index in [0.29, 0.717) is 17.9 Å². The highest BCUT2D eigenvalue weighted by atomic mass is 32.1. The van der Waals surface area contributed by atoms with Crippen LogP contribution in [0.25, 0.3) is 6.08 Å². The molecular weight excluding hydrogens is 386 g/mol. The number of hydrogen-bond donors (Lipinski definition) is 2. The number of furan rings is 1. The molecule has 3 rings (SSSR count). The fourth-order valence-electron chi connectivity index (χ4n) is 2.67. The minimum Gasteiger partial charge on any atom is -0.465 e. The Hall–Kier alpha value is -3.19. The van der Waals surface area contributed by atoms with Crippen LogP contribution in [0.4, 0.5) is 0 Å². The van der Waals surface area contributed by atoms with Crippen LogP contribution < -0.4 is 10.6 Å². The third kappa shape index (κ3) is 6.43. The van der Waals surface area contributed by atoms with Crippen molar-refractivity contribution in [1.82, 2.24) is 15.6 Å². The number of nitrogens with zero attached hydrogens (tertiary/aromatic N) is 1. The Morgan fingerprint density at radius 1 is 1.14 bits per heavy atom. The molecule has 0 aliphatic heterocycles. The van der Waals surface area contributed by atoms with Crippen LogP contribution >= 0.6 is 11.3 Å². The van der Waals surface area contributed by atoms with Gasteiger partial charge in [0.2, 0.25) is 0 Å². The van der Waals surface area contributed by atoms with Gasteiger partial charge in [-0.2, -0.15) is 0 Å². The molecule has 150 valence electrons. The predicted octanol–water partition coefficient (Wildman–Crippen LogP) is 3.95. The number of thiazole rings is 1. The van der Waals surface area contributed by atoms with E-state index >= 15 is 0 Å². The summed E-state index contributed by atoms with van der Waals surface area (Å²) in [5.74, 6) is -0.212. The Labute approximate surface area is 173 Å². The van der Waals surface area contributed by atoms with Gasteiger partial charge < -0.3 is 15.1 Å². The standard InChI is InChI=1S/C22H23N3O3S/c1-16-15-29-20(24-16)11-5-6-12-23-22(27)19(14-18-10-7-13-28-18)25-21(26)17-8-3-2-4-9-17/h2-4,7-10,13-15H,5-6,11-12H2,1H3,(H,23,27)(H,25,26). The number of unbranched alkanes of at least 4 members (excludes halogenated alkanes) is 1.